The summed E-state index contributed by atoms with van der Waals surface area (Å²) in [4.78, 5) is 36.0. The van der Waals surface area contributed by atoms with E-state index in [0.717, 1.165) is 18.4 Å². The van der Waals surface area contributed by atoms with Crippen LogP contribution in [-0.2, 0) is 16.1 Å². The van der Waals surface area contributed by atoms with E-state index in [4.69, 9.17) is 9.15 Å². The number of para-hydroxylation sites is 2. The van der Waals surface area contributed by atoms with E-state index < -0.39 is 5.76 Å². The van der Waals surface area contributed by atoms with Crippen LogP contribution in [0.2, 0.25) is 0 Å². The van der Waals surface area contributed by atoms with Crippen molar-refractivity contribution >= 4 is 28.7 Å². The molecule has 0 spiro atoms. The maximum absolute atomic E-state index is 12.2. The molecule has 0 saturated heterocycles. The van der Waals surface area contributed by atoms with E-state index in [1.807, 2.05) is 19.1 Å². The van der Waals surface area contributed by atoms with Crippen molar-refractivity contribution in [1.29, 1.82) is 0 Å². The summed E-state index contributed by atoms with van der Waals surface area (Å²) in [6.45, 7) is 2.83. The molecule has 1 amide bonds. The van der Waals surface area contributed by atoms with Crippen LogP contribution in [-0.4, -0.2) is 23.1 Å². The first-order chi connectivity index (χ1) is 14.1. The van der Waals surface area contributed by atoms with Crippen molar-refractivity contribution in [1.82, 2.24) is 4.57 Å². The number of carbonyl (C=O) groups excluding carboxylic acids is 2. The summed E-state index contributed by atoms with van der Waals surface area (Å²) >= 11 is 0. The maximum Gasteiger partial charge on any atom is 0.419 e. The van der Waals surface area contributed by atoms with Crippen molar-refractivity contribution in [2.45, 2.75) is 39.2 Å². The van der Waals surface area contributed by atoms with Crippen LogP contribution in [0.3, 0.4) is 0 Å². The zero-order valence-corrected chi connectivity index (χ0v) is 16.3. The molecule has 0 unspecified atom stereocenters. The topological polar surface area (TPSA) is 90.5 Å². The molecule has 1 heterocycles. The Morgan fingerprint density at radius 3 is 2.59 bits per heavy atom. The summed E-state index contributed by atoms with van der Waals surface area (Å²) < 4.78 is 11.9. The normalized spacial score (nSPS) is 10.8. The zero-order chi connectivity index (χ0) is 20.6. The Hall–Kier alpha value is -3.35. The minimum atomic E-state index is -0.423. The van der Waals surface area contributed by atoms with Gasteiger partial charge in [-0.2, -0.15) is 0 Å². The van der Waals surface area contributed by atoms with Gasteiger partial charge < -0.3 is 14.5 Å². The van der Waals surface area contributed by atoms with Crippen LogP contribution in [0.1, 0.15) is 43.0 Å². The van der Waals surface area contributed by atoms with Gasteiger partial charge in [0.1, 0.15) is 0 Å². The lowest BCUT2D eigenvalue weighted by atomic mass is 10.2. The summed E-state index contributed by atoms with van der Waals surface area (Å²) in [5.74, 6) is -0.953. The van der Waals surface area contributed by atoms with Gasteiger partial charge in [-0.25, -0.2) is 9.59 Å². The highest BCUT2D eigenvalue weighted by Gasteiger charge is 2.10. The van der Waals surface area contributed by atoms with Gasteiger partial charge >= 0.3 is 11.7 Å². The number of oxazole rings is 1. The minimum absolute atomic E-state index is 0.163. The van der Waals surface area contributed by atoms with Crippen molar-refractivity contribution in [2.75, 3.05) is 11.9 Å². The quantitative estimate of drug-likeness (QED) is 0.437. The number of aryl methyl sites for hydroxylation is 1. The zero-order valence-electron chi connectivity index (χ0n) is 16.3. The van der Waals surface area contributed by atoms with Gasteiger partial charge in [-0.1, -0.05) is 25.5 Å². The third-order valence-electron chi connectivity index (χ3n) is 4.49. The Balaban J connectivity index is 1.48. The summed E-state index contributed by atoms with van der Waals surface area (Å²) in [6.07, 6.45) is 2.55. The summed E-state index contributed by atoms with van der Waals surface area (Å²) in [7, 11) is 0. The van der Waals surface area contributed by atoms with Gasteiger partial charge in [-0.3, -0.25) is 9.36 Å². The predicted molar refractivity (Wildman–Crippen MR) is 110 cm³/mol. The lowest BCUT2D eigenvalue weighted by Gasteiger charge is -2.07. The molecule has 0 bridgehead atoms. The molecule has 29 heavy (non-hydrogen) atoms. The minimum Gasteiger partial charge on any atom is -0.462 e. The Bertz CT molecular complexity index is 1030. The van der Waals surface area contributed by atoms with E-state index >= 15 is 0 Å². The number of rotatable bonds is 9. The van der Waals surface area contributed by atoms with Crippen LogP contribution >= 0.6 is 0 Å². The number of unbranched alkanes of at least 4 members (excludes halogenated alkanes) is 1. The molecular formula is C22H24N2O5. The first-order valence-electron chi connectivity index (χ1n) is 9.74. The molecule has 7 heteroatoms. The van der Waals surface area contributed by atoms with Crippen LogP contribution < -0.4 is 11.1 Å². The number of hydrogen-bond acceptors (Lipinski definition) is 5. The molecule has 0 aliphatic heterocycles. The SMILES string of the molecule is CCCCOC(=O)c1ccc(NC(=O)CCCn2c(=O)oc3ccccc32)cc1. The number of aromatic nitrogens is 1. The smallest absolute Gasteiger partial charge is 0.419 e. The van der Waals surface area contributed by atoms with E-state index in [9.17, 15) is 14.4 Å². The van der Waals surface area contributed by atoms with Crippen LogP contribution in [0, 0.1) is 0 Å². The number of anilines is 1. The Morgan fingerprint density at radius 1 is 1.07 bits per heavy atom. The van der Waals surface area contributed by atoms with Crippen LogP contribution in [0.25, 0.3) is 11.1 Å². The van der Waals surface area contributed by atoms with Crippen molar-refractivity contribution < 1.29 is 18.7 Å². The van der Waals surface area contributed by atoms with Crippen molar-refractivity contribution in [3.8, 4) is 0 Å². The summed E-state index contributed by atoms with van der Waals surface area (Å²) in [5.41, 5.74) is 2.31. The number of benzene rings is 2. The van der Waals surface area contributed by atoms with Gasteiger partial charge in [0, 0.05) is 18.7 Å². The number of nitrogens with one attached hydrogen (secondary N) is 1. The molecule has 0 radical (unpaired) electrons. The van der Waals surface area contributed by atoms with E-state index in [2.05, 4.69) is 5.32 Å². The molecule has 1 aromatic heterocycles. The van der Waals surface area contributed by atoms with Gasteiger partial charge in [0.05, 0.1) is 17.7 Å². The van der Waals surface area contributed by atoms with Crippen molar-refractivity contribution in [3.63, 3.8) is 0 Å². The molecular weight excluding hydrogens is 372 g/mol. The number of carbonyl (C=O) groups is 2. The standard InChI is InChI=1S/C22H24N2O5/c1-2-3-15-28-21(26)16-10-12-17(13-11-16)23-20(25)9-6-14-24-18-7-4-5-8-19(18)29-22(24)27/h4-5,7-8,10-13H,2-3,6,9,14-15H2,1H3,(H,23,25). The lowest BCUT2D eigenvalue weighted by Crippen LogP contribution is -2.17. The Kier molecular flexibility index (Phi) is 6.84. The first-order valence-corrected chi connectivity index (χ1v) is 9.74. The average molecular weight is 396 g/mol. The fraction of sp³-hybridized carbons (Fsp3) is 0.318. The van der Waals surface area contributed by atoms with E-state index in [1.54, 1.807) is 36.4 Å². The van der Waals surface area contributed by atoms with E-state index in [1.165, 1.54) is 4.57 Å². The average Bonchev–Trinajstić information content (AvgIpc) is 3.04. The van der Waals surface area contributed by atoms with Crippen LogP contribution in [0.4, 0.5) is 5.69 Å². The number of hydrogen-bond donors (Lipinski definition) is 1. The number of nitrogens with zero attached hydrogens (tertiary/aromatic N) is 1. The second-order valence-electron chi connectivity index (χ2n) is 6.71. The van der Waals surface area contributed by atoms with Gasteiger partial charge in [-0.05, 0) is 49.2 Å². The van der Waals surface area contributed by atoms with Crippen molar-refractivity contribution in [3.05, 3.63) is 64.6 Å². The lowest BCUT2D eigenvalue weighted by molar-refractivity contribution is -0.116. The highest BCUT2D eigenvalue weighted by atomic mass is 16.5. The maximum atomic E-state index is 12.2. The molecule has 0 atom stereocenters. The molecule has 152 valence electrons. The van der Waals surface area contributed by atoms with Gasteiger partial charge in [0.15, 0.2) is 5.58 Å². The van der Waals surface area contributed by atoms with Gasteiger partial charge in [-0.15, -0.1) is 0 Å². The number of esters is 1. The molecule has 0 aliphatic carbocycles. The monoisotopic (exact) mass is 396 g/mol. The molecule has 3 rings (SSSR count). The second kappa shape index (κ2) is 9.73. The fourth-order valence-corrected chi connectivity index (χ4v) is 2.93. The predicted octanol–water partition coefficient (Wildman–Crippen LogP) is 3.97. The van der Waals surface area contributed by atoms with Crippen LogP contribution in [0.15, 0.2) is 57.7 Å². The first kappa shape index (κ1) is 20.4. The molecule has 3 aromatic rings. The Morgan fingerprint density at radius 2 is 1.83 bits per heavy atom. The summed E-state index contributed by atoms with van der Waals surface area (Å²) in [5, 5.41) is 2.79. The van der Waals surface area contributed by atoms with Gasteiger partial charge in [0.2, 0.25) is 5.91 Å². The molecule has 0 saturated carbocycles. The number of amides is 1. The molecule has 0 fully saturated rings. The largest absolute Gasteiger partial charge is 0.462 e. The highest BCUT2D eigenvalue weighted by Crippen LogP contribution is 2.14. The highest BCUT2D eigenvalue weighted by molar-refractivity contribution is 5.93. The molecule has 2 aromatic carbocycles. The molecule has 7 nitrogen and oxygen atoms in total. The molecule has 1 N–H and O–H groups in total. The number of fused-ring (bicyclic) bond motifs is 1. The third kappa shape index (κ3) is 5.34. The third-order valence-corrected chi connectivity index (χ3v) is 4.49. The fourth-order valence-electron chi connectivity index (χ4n) is 2.93. The van der Waals surface area contributed by atoms with E-state index in [-0.39, 0.29) is 18.3 Å². The van der Waals surface area contributed by atoms with Crippen LogP contribution in [0.5, 0.6) is 0 Å². The second-order valence-corrected chi connectivity index (χ2v) is 6.71. The number of ether oxygens (including phenoxy) is 1. The summed E-state index contributed by atoms with van der Waals surface area (Å²) in [6, 6.07) is 13.8. The van der Waals surface area contributed by atoms with Crippen molar-refractivity contribution in [2.24, 2.45) is 0 Å². The molecule has 0 aliphatic rings. The van der Waals surface area contributed by atoms with E-state index in [0.29, 0.717) is 36.4 Å². The Labute approximate surface area is 168 Å². The van der Waals surface area contributed by atoms with Gasteiger partial charge in [0.25, 0.3) is 0 Å².